The van der Waals surface area contributed by atoms with Gasteiger partial charge >= 0.3 is 0 Å². The number of benzene rings is 2. The Morgan fingerprint density at radius 1 is 0.846 bits per heavy atom. The molecule has 4 rings (SSSR count). The van der Waals surface area contributed by atoms with Gasteiger partial charge in [0.15, 0.2) is 0 Å². The Morgan fingerprint density at radius 3 is 2.00 bits per heavy atom. The van der Waals surface area contributed by atoms with Gasteiger partial charge in [-0.3, -0.25) is 14.4 Å². The van der Waals surface area contributed by atoms with Crippen LogP contribution < -0.4 is 10.6 Å². The number of anilines is 2. The van der Waals surface area contributed by atoms with E-state index >= 15 is 0 Å². The summed E-state index contributed by atoms with van der Waals surface area (Å²) in [6.45, 7) is 0.0170. The highest BCUT2D eigenvalue weighted by molar-refractivity contribution is 5.95. The van der Waals surface area contributed by atoms with E-state index in [2.05, 4.69) is 10.6 Å². The molecule has 134 valence electrons. The lowest BCUT2D eigenvalue weighted by atomic mass is 10.0. The SMILES string of the molecule is O=C1CCc2ccc(CO)cc2N1.O=Cc1ccc2c(c1)NC(=O)CC2. The van der Waals surface area contributed by atoms with Gasteiger partial charge in [-0.15, -0.1) is 0 Å². The van der Waals surface area contributed by atoms with Gasteiger partial charge in [-0.1, -0.05) is 24.3 Å². The molecule has 2 aromatic carbocycles. The molecule has 2 heterocycles. The third-order valence-electron chi connectivity index (χ3n) is 4.42. The number of carbonyl (C=O) groups excluding carboxylic acids is 3. The highest BCUT2D eigenvalue weighted by Gasteiger charge is 2.15. The Kier molecular flexibility index (Phi) is 5.43. The van der Waals surface area contributed by atoms with E-state index in [9.17, 15) is 14.4 Å². The smallest absolute Gasteiger partial charge is 0.224 e. The van der Waals surface area contributed by atoms with Gasteiger partial charge in [0, 0.05) is 29.8 Å². The molecule has 0 unspecified atom stereocenters. The van der Waals surface area contributed by atoms with E-state index < -0.39 is 0 Å². The number of aliphatic hydroxyl groups is 1. The minimum atomic E-state index is 0.0170. The molecule has 2 aliphatic heterocycles. The summed E-state index contributed by atoms with van der Waals surface area (Å²) in [6.07, 6.45) is 3.44. The van der Waals surface area contributed by atoms with E-state index in [1.807, 2.05) is 24.3 Å². The predicted molar refractivity (Wildman–Crippen MR) is 98.1 cm³/mol. The number of hydrogen-bond acceptors (Lipinski definition) is 4. The Balaban J connectivity index is 0.000000151. The third kappa shape index (κ3) is 4.15. The summed E-state index contributed by atoms with van der Waals surface area (Å²) in [7, 11) is 0. The minimum absolute atomic E-state index is 0.0170. The fraction of sp³-hybridized carbons (Fsp3) is 0.250. The lowest BCUT2D eigenvalue weighted by molar-refractivity contribution is -0.117. The van der Waals surface area contributed by atoms with E-state index in [1.54, 1.807) is 12.1 Å². The molecule has 0 fully saturated rings. The summed E-state index contributed by atoms with van der Waals surface area (Å²) in [5.41, 5.74) is 5.31. The van der Waals surface area contributed by atoms with Crippen LogP contribution in [-0.4, -0.2) is 23.2 Å². The molecule has 2 amide bonds. The van der Waals surface area contributed by atoms with Gasteiger partial charge in [0.25, 0.3) is 0 Å². The number of aryl methyl sites for hydroxylation is 2. The molecule has 2 aliphatic rings. The fourth-order valence-electron chi connectivity index (χ4n) is 2.98. The highest BCUT2D eigenvalue weighted by atomic mass is 16.3. The summed E-state index contributed by atoms with van der Waals surface area (Å²) in [6, 6.07) is 11.0. The maximum absolute atomic E-state index is 11.1. The van der Waals surface area contributed by atoms with E-state index in [-0.39, 0.29) is 18.4 Å². The molecule has 6 nitrogen and oxygen atoms in total. The van der Waals surface area contributed by atoms with Crippen LogP contribution in [0.4, 0.5) is 11.4 Å². The average Bonchev–Trinajstić information content (AvgIpc) is 2.67. The summed E-state index contributed by atoms with van der Waals surface area (Å²) in [5, 5.41) is 14.4. The second kappa shape index (κ2) is 7.93. The molecule has 2 aromatic rings. The highest BCUT2D eigenvalue weighted by Crippen LogP contribution is 2.24. The van der Waals surface area contributed by atoms with Crippen molar-refractivity contribution >= 4 is 29.5 Å². The van der Waals surface area contributed by atoms with Crippen LogP contribution in [0, 0.1) is 0 Å². The van der Waals surface area contributed by atoms with Crippen LogP contribution in [0.25, 0.3) is 0 Å². The van der Waals surface area contributed by atoms with Crippen molar-refractivity contribution in [3.63, 3.8) is 0 Å². The van der Waals surface area contributed by atoms with E-state index in [0.29, 0.717) is 18.4 Å². The van der Waals surface area contributed by atoms with E-state index in [1.165, 1.54) is 0 Å². The van der Waals surface area contributed by atoms with Crippen LogP contribution in [0.5, 0.6) is 0 Å². The van der Waals surface area contributed by atoms with Gasteiger partial charge in [-0.05, 0) is 41.7 Å². The number of rotatable bonds is 2. The van der Waals surface area contributed by atoms with Crippen LogP contribution in [0.3, 0.4) is 0 Å². The van der Waals surface area contributed by atoms with Gasteiger partial charge in [-0.25, -0.2) is 0 Å². The van der Waals surface area contributed by atoms with Crippen molar-refractivity contribution in [1.29, 1.82) is 0 Å². The maximum Gasteiger partial charge on any atom is 0.224 e. The first-order chi connectivity index (χ1) is 12.6. The standard InChI is InChI=1S/C10H11NO2.C10H9NO2/c2*12-6-7-1-2-8-3-4-10(13)11-9(8)5-7/h1-2,5,12H,3-4,6H2,(H,11,13);1-2,5-6H,3-4H2,(H,11,13). The molecule has 0 aliphatic carbocycles. The Hall–Kier alpha value is -2.99. The molecule has 3 N–H and O–H groups in total. The number of amides is 2. The fourth-order valence-corrected chi connectivity index (χ4v) is 2.98. The summed E-state index contributed by atoms with van der Waals surface area (Å²) in [4.78, 5) is 32.5. The van der Waals surface area contributed by atoms with Crippen molar-refractivity contribution < 1.29 is 19.5 Å². The Bertz CT molecular complexity index is 861. The van der Waals surface area contributed by atoms with Crippen LogP contribution in [0.15, 0.2) is 36.4 Å². The summed E-state index contributed by atoms with van der Waals surface area (Å²) < 4.78 is 0. The predicted octanol–water partition coefficient (Wildman–Crippen LogP) is 2.45. The number of aldehydes is 1. The molecular formula is C20H20N2O4. The van der Waals surface area contributed by atoms with E-state index in [4.69, 9.17) is 5.11 Å². The zero-order valence-electron chi connectivity index (χ0n) is 14.2. The lowest BCUT2D eigenvalue weighted by Gasteiger charge is -2.16. The molecule has 26 heavy (non-hydrogen) atoms. The van der Waals surface area contributed by atoms with Crippen molar-refractivity contribution in [1.82, 2.24) is 0 Å². The second-order valence-corrected chi connectivity index (χ2v) is 6.28. The average molecular weight is 352 g/mol. The van der Waals surface area contributed by atoms with Crippen LogP contribution >= 0.6 is 0 Å². The Morgan fingerprint density at radius 2 is 1.42 bits per heavy atom. The third-order valence-corrected chi connectivity index (χ3v) is 4.42. The topological polar surface area (TPSA) is 95.5 Å². The molecule has 0 spiro atoms. The van der Waals surface area contributed by atoms with Gasteiger partial charge in [-0.2, -0.15) is 0 Å². The van der Waals surface area contributed by atoms with Gasteiger partial charge in [0.1, 0.15) is 6.29 Å². The van der Waals surface area contributed by atoms with Crippen molar-refractivity contribution in [2.75, 3.05) is 10.6 Å². The van der Waals surface area contributed by atoms with Gasteiger partial charge < -0.3 is 15.7 Å². The zero-order valence-corrected chi connectivity index (χ0v) is 14.2. The lowest BCUT2D eigenvalue weighted by Crippen LogP contribution is -2.18. The summed E-state index contributed by atoms with van der Waals surface area (Å²) >= 11 is 0. The molecule has 0 radical (unpaired) electrons. The normalized spacial score (nSPS) is 14.8. The minimum Gasteiger partial charge on any atom is -0.392 e. The van der Waals surface area contributed by atoms with Gasteiger partial charge in [0.05, 0.1) is 6.61 Å². The maximum atomic E-state index is 11.1. The quantitative estimate of drug-likeness (QED) is 0.724. The first-order valence-electron chi connectivity index (χ1n) is 8.49. The molecule has 0 atom stereocenters. The number of aliphatic hydroxyl groups excluding tert-OH is 1. The van der Waals surface area contributed by atoms with Crippen molar-refractivity contribution in [2.45, 2.75) is 32.3 Å². The van der Waals surface area contributed by atoms with Crippen LogP contribution in [-0.2, 0) is 29.0 Å². The molecular weight excluding hydrogens is 332 g/mol. The second-order valence-electron chi connectivity index (χ2n) is 6.28. The van der Waals surface area contributed by atoms with Crippen LogP contribution in [0.1, 0.15) is 39.9 Å². The monoisotopic (exact) mass is 352 g/mol. The number of nitrogens with one attached hydrogen (secondary N) is 2. The van der Waals surface area contributed by atoms with Crippen molar-refractivity contribution in [3.8, 4) is 0 Å². The van der Waals surface area contributed by atoms with Crippen LogP contribution in [0.2, 0.25) is 0 Å². The zero-order chi connectivity index (χ0) is 18.5. The first kappa shape index (κ1) is 17.8. The van der Waals surface area contributed by atoms with Crippen molar-refractivity contribution in [3.05, 3.63) is 58.7 Å². The molecule has 0 saturated carbocycles. The number of hydrogen-bond donors (Lipinski definition) is 3. The molecule has 0 aromatic heterocycles. The molecule has 6 heteroatoms. The van der Waals surface area contributed by atoms with Crippen molar-refractivity contribution in [2.24, 2.45) is 0 Å². The number of fused-ring (bicyclic) bond motifs is 2. The Labute approximate surface area is 151 Å². The largest absolute Gasteiger partial charge is 0.392 e. The van der Waals surface area contributed by atoms with E-state index in [0.717, 1.165) is 47.2 Å². The molecule has 0 bridgehead atoms. The van der Waals surface area contributed by atoms with Gasteiger partial charge in [0.2, 0.25) is 11.8 Å². The molecule has 0 saturated heterocycles. The summed E-state index contributed by atoms with van der Waals surface area (Å²) in [5.74, 6) is 0.0816. The first-order valence-corrected chi connectivity index (χ1v) is 8.49. The number of carbonyl (C=O) groups is 3.